The summed E-state index contributed by atoms with van der Waals surface area (Å²) >= 11 is 1.84. The van der Waals surface area contributed by atoms with Crippen LogP contribution in [0.15, 0.2) is 23.8 Å². The number of hydrogen-bond acceptors (Lipinski definition) is 2. The van der Waals surface area contributed by atoms with E-state index in [4.69, 9.17) is 9.84 Å². The minimum Gasteiger partial charge on any atom is -0.478 e. The van der Waals surface area contributed by atoms with Gasteiger partial charge >= 0.3 is 12.1 Å². The molecule has 96 valence electrons. The van der Waals surface area contributed by atoms with Crippen molar-refractivity contribution in [2.45, 2.75) is 12.3 Å². The Kier molecular flexibility index (Phi) is 3.26. The first-order valence-corrected chi connectivity index (χ1v) is 5.85. The number of alkyl halides is 3. The highest BCUT2D eigenvalue weighted by Crippen LogP contribution is 2.39. The monoisotopic (exact) mass is 370 g/mol. The number of aliphatic carboxylic acids is 1. The van der Waals surface area contributed by atoms with E-state index in [0.29, 0.717) is 9.13 Å². The first-order valence-electron chi connectivity index (χ1n) is 4.77. The van der Waals surface area contributed by atoms with Crippen molar-refractivity contribution in [2.75, 3.05) is 0 Å². The van der Waals surface area contributed by atoms with E-state index >= 15 is 0 Å². The maximum absolute atomic E-state index is 12.7. The van der Waals surface area contributed by atoms with Crippen molar-refractivity contribution in [3.63, 3.8) is 0 Å². The number of benzene rings is 1. The lowest BCUT2D eigenvalue weighted by Crippen LogP contribution is -2.40. The molecule has 0 saturated carbocycles. The molecular formula is C11H6F3IO3. The summed E-state index contributed by atoms with van der Waals surface area (Å²) in [4.78, 5) is 10.9. The molecule has 0 fully saturated rings. The molecule has 0 aliphatic carbocycles. The fourth-order valence-electron chi connectivity index (χ4n) is 1.61. The quantitative estimate of drug-likeness (QED) is 0.773. The first kappa shape index (κ1) is 13.2. The normalized spacial score (nSPS) is 18.7. The molecule has 1 unspecified atom stereocenters. The summed E-state index contributed by atoms with van der Waals surface area (Å²) in [5.41, 5.74) is -0.475. The van der Waals surface area contributed by atoms with Crippen molar-refractivity contribution in [2.24, 2.45) is 0 Å². The number of carboxylic acids is 1. The fourth-order valence-corrected chi connectivity index (χ4v) is 2.25. The number of hydrogen-bond donors (Lipinski definition) is 1. The lowest BCUT2D eigenvalue weighted by atomic mass is 10.0. The van der Waals surface area contributed by atoms with E-state index in [-0.39, 0.29) is 5.75 Å². The molecular weight excluding hydrogens is 364 g/mol. The SMILES string of the molecule is O=C(O)C1=Cc2cccc(I)c2OC1C(F)(F)F. The van der Waals surface area contributed by atoms with Crippen molar-refractivity contribution in [1.82, 2.24) is 0 Å². The summed E-state index contributed by atoms with van der Waals surface area (Å²) in [5, 5.41) is 8.82. The molecule has 18 heavy (non-hydrogen) atoms. The highest BCUT2D eigenvalue weighted by Gasteiger charge is 2.48. The summed E-state index contributed by atoms with van der Waals surface area (Å²) in [6, 6.07) is 4.72. The van der Waals surface area contributed by atoms with Crippen LogP contribution in [0.4, 0.5) is 13.2 Å². The molecule has 2 rings (SSSR count). The average molecular weight is 370 g/mol. The Labute approximate surface area is 113 Å². The van der Waals surface area contributed by atoms with Crippen LogP contribution in [0.2, 0.25) is 0 Å². The Morgan fingerprint density at radius 2 is 2.06 bits per heavy atom. The molecule has 1 N–H and O–H groups in total. The lowest BCUT2D eigenvalue weighted by Gasteiger charge is -2.27. The molecule has 0 aromatic heterocycles. The number of fused-ring (bicyclic) bond motifs is 1. The maximum Gasteiger partial charge on any atom is 0.430 e. The predicted octanol–water partition coefficient (Wildman–Crippen LogP) is 3.08. The van der Waals surface area contributed by atoms with Gasteiger partial charge in [-0.3, -0.25) is 0 Å². The third-order valence-electron chi connectivity index (χ3n) is 2.37. The van der Waals surface area contributed by atoms with Crippen molar-refractivity contribution in [3.8, 4) is 5.75 Å². The first-order chi connectivity index (χ1) is 8.30. The minimum atomic E-state index is -4.76. The molecule has 1 aromatic carbocycles. The second-order valence-electron chi connectivity index (χ2n) is 3.60. The van der Waals surface area contributed by atoms with Gasteiger partial charge in [0.2, 0.25) is 6.10 Å². The zero-order valence-electron chi connectivity index (χ0n) is 8.66. The van der Waals surface area contributed by atoms with Gasteiger partial charge in [0.1, 0.15) is 5.75 Å². The Morgan fingerprint density at radius 3 is 2.61 bits per heavy atom. The second-order valence-corrected chi connectivity index (χ2v) is 4.76. The molecule has 0 spiro atoms. The molecule has 3 nitrogen and oxygen atoms in total. The Bertz CT molecular complexity index is 537. The zero-order valence-corrected chi connectivity index (χ0v) is 10.8. The predicted molar refractivity (Wildman–Crippen MR) is 65.2 cm³/mol. The summed E-state index contributed by atoms with van der Waals surface area (Å²) in [6.07, 6.45) is -6.19. The van der Waals surface area contributed by atoms with Crippen LogP contribution in [0.5, 0.6) is 5.75 Å². The number of carbonyl (C=O) groups is 1. The van der Waals surface area contributed by atoms with Crippen LogP contribution < -0.4 is 4.74 Å². The van der Waals surface area contributed by atoms with Gasteiger partial charge in [-0.1, -0.05) is 12.1 Å². The summed E-state index contributed by atoms with van der Waals surface area (Å²) < 4.78 is 43.6. The molecule has 1 aromatic rings. The van der Waals surface area contributed by atoms with Gasteiger partial charge < -0.3 is 9.84 Å². The van der Waals surface area contributed by atoms with Crippen LogP contribution in [-0.2, 0) is 4.79 Å². The molecule has 0 saturated heterocycles. The van der Waals surface area contributed by atoms with Gasteiger partial charge in [-0.25, -0.2) is 4.79 Å². The molecule has 1 heterocycles. The Morgan fingerprint density at radius 1 is 1.39 bits per heavy atom. The molecule has 1 aliphatic heterocycles. The van der Waals surface area contributed by atoms with Crippen LogP contribution in [0.1, 0.15) is 5.56 Å². The molecule has 1 atom stereocenters. The van der Waals surface area contributed by atoms with Crippen molar-refractivity contribution in [1.29, 1.82) is 0 Å². The van der Waals surface area contributed by atoms with Gasteiger partial charge in [-0.2, -0.15) is 13.2 Å². The van der Waals surface area contributed by atoms with Crippen molar-refractivity contribution < 1.29 is 27.8 Å². The molecule has 1 aliphatic rings. The Balaban J connectivity index is 2.57. The van der Waals surface area contributed by atoms with E-state index < -0.39 is 23.8 Å². The van der Waals surface area contributed by atoms with E-state index in [2.05, 4.69) is 0 Å². The van der Waals surface area contributed by atoms with Gasteiger partial charge in [0.25, 0.3) is 0 Å². The molecule has 0 radical (unpaired) electrons. The largest absolute Gasteiger partial charge is 0.478 e. The summed E-state index contributed by atoms with van der Waals surface area (Å²) in [5.74, 6) is -1.58. The highest BCUT2D eigenvalue weighted by molar-refractivity contribution is 14.1. The average Bonchev–Trinajstić information content (AvgIpc) is 2.26. The lowest BCUT2D eigenvalue weighted by molar-refractivity contribution is -0.187. The standard InChI is InChI=1S/C11H6F3IO3/c12-11(13,14)9-6(10(16)17)4-5-2-1-3-7(15)8(5)18-9/h1-4,9H,(H,16,17). The second kappa shape index (κ2) is 4.45. The third kappa shape index (κ3) is 2.31. The minimum absolute atomic E-state index is 0.0606. The van der Waals surface area contributed by atoms with Crippen LogP contribution in [0.3, 0.4) is 0 Å². The smallest absolute Gasteiger partial charge is 0.430 e. The maximum atomic E-state index is 12.7. The number of ether oxygens (including phenoxy) is 1. The van der Waals surface area contributed by atoms with Crippen LogP contribution >= 0.6 is 22.6 Å². The number of para-hydroxylation sites is 1. The van der Waals surface area contributed by atoms with Crippen LogP contribution in [-0.4, -0.2) is 23.4 Å². The van der Waals surface area contributed by atoms with Gasteiger partial charge in [-0.05, 0) is 34.7 Å². The van der Waals surface area contributed by atoms with Crippen molar-refractivity contribution in [3.05, 3.63) is 32.9 Å². The zero-order chi connectivity index (χ0) is 13.5. The summed E-state index contributed by atoms with van der Waals surface area (Å²) in [6.45, 7) is 0. The number of halogens is 4. The topological polar surface area (TPSA) is 46.5 Å². The van der Waals surface area contributed by atoms with Gasteiger partial charge in [0.15, 0.2) is 0 Å². The third-order valence-corrected chi connectivity index (χ3v) is 3.22. The van der Waals surface area contributed by atoms with E-state index in [0.717, 1.165) is 6.08 Å². The van der Waals surface area contributed by atoms with Crippen LogP contribution in [0.25, 0.3) is 6.08 Å². The van der Waals surface area contributed by atoms with E-state index in [1.54, 1.807) is 12.1 Å². The number of rotatable bonds is 1. The molecule has 0 amide bonds. The highest BCUT2D eigenvalue weighted by atomic mass is 127. The van der Waals surface area contributed by atoms with E-state index in [1.165, 1.54) is 6.07 Å². The van der Waals surface area contributed by atoms with E-state index in [9.17, 15) is 18.0 Å². The molecule has 7 heteroatoms. The molecule has 0 bridgehead atoms. The van der Waals surface area contributed by atoms with Gasteiger partial charge in [0.05, 0.1) is 9.14 Å². The van der Waals surface area contributed by atoms with Gasteiger partial charge in [0, 0.05) is 5.56 Å². The van der Waals surface area contributed by atoms with E-state index in [1.807, 2.05) is 22.6 Å². The summed E-state index contributed by atoms with van der Waals surface area (Å²) in [7, 11) is 0. The number of carboxylic acid groups (broad SMARTS) is 1. The Hall–Kier alpha value is -1.25. The van der Waals surface area contributed by atoms with Crippen molar-refractivity contribution >= 4 is 34.6 Å². The fraction of sp³-hybridized carbons (Fsp3) is 0.182. The van der Waals surface area contributed by atoms with Gasteiger partial charge in [-0.15, -0.1) is 0 Å². The van der Waals surface area contributed by atoms with Crippen LogP contribution in [0, 0.1) is 3.57 Å².